The number of nitrogens with zero attached hydrogens (tertiary/aromatic N) is 3. The summed E-state index contributed by atoms with van der Waals surface area (Å²) in [5.74, 6) is 1.81. The van der Waals surface area contributed by atoms with Crippen molar-refractivity contribution >= 4 is 12.2 Å². The molecule has 1 atom stereocenters. The van der Waals surface area contributed by atoms with Crippen molar-refractivity contribution in [2.24, 2.45) is 0 Å². The number of methoxy groups -OCH3 is 1. The van der Waals surface area contributed by atoms with Crippen LogP contribution in [0.2, 0.25) is 0 Å². The van der Waals surface area contributed by atoms with E-state index in [-0.39, 0.29) is 6.04 Å². The van der Waals surface area contributed by atoms with Gasteiger partial charge in [-0.3, -0.25) is 14.6 Å². The molecule has 1 saturated heterocycles. The number of benzene rings is 1. The van der Waals surface area contributed by atoms with Gasteiger partial charge in [0, 0.05) is 5.69 Å². The van der Waals surface area contributed by atoms with Gasteiger partial charge in [-0.1, -0.05) is 6.42 Å². The lowest BCUT2D eigenvalue weighted by atomic mass is 10.1. The van der Waals surface area contributed by atoms with Gasteiger partial charge in [-0.25, -0.2) is 0 Å². The zero-order valence-electron chi connectivity index (χ0n) is 13.1. The van der Waals surface area contributed by atoms with E-state index in [1.165, 1.54) is 19.3 Å². The zero-order chi connectivity index (χ0) is 15.5. The molecule has 1 fully saturated rings. The topological polar surface area (TPSA) is 46.1 Å². The van der Waals surface area contributed by atoms with Crippen LogP contribution in [-0.4, -0.2) is 39.9 Å². The molecule has 1 aromatic carbocycles. The highest BCUT2D eigenvalue weighted by Gasteiger charge is 2.23. The van der Waals surface area contributed by atoms with Crippen LogP contribution in [0.1, 0.15) is 38.1 Å². The molecule has 118 valence electrons. The van der Waals surface area contributed by atoms with Gasteiger partial charge in [0.1, 0.15) is 5.75 Å². The minimum absolute atomic E-state index is 0.246. The Morgan fingerprint density at radius 2 is 1.86 bits per heavy atom. The maximum absolute atomic E-state index is 5.43. The smallest absolute Gasteiger partial charge is 0.199 e. The minimum Gasteiger partial charge on any atom is -0.497 e. The maximum atomic E-state index is 5.43. The molecule has 6 heteroatoms. The normalized spacial score (nSPS) is 17.4. The van der Waals surface area contributed by atoms with Crippen LogP contribution in [0, 0.1) is 4.77 Å². The molecule has 0 radical (unpaired) electrons. The number of likely N-dealkylation sites (tertiary alicyclic amines) is 1. The first kappa shape index (κ1) is 15.2. The lowest BCUT2D eigenvalue weighted by Crippen LogP contribution is -2.33. The Balaban J connectivity index is 1.94. The monoisotopic (exact) mass is 318 g/mol. The Morgan fingerprint density at radius 1 is 1.18 bits per heavy atom. The molecule has 1 aliphatic heterocycles. The predicted octanol–water partition coefficient (Wildman–Crippen LogP) is 3.49. The third-order valence-electron chi connectivity index (χ3n) is 4.34. The van der Waals surface area contributed by atoms with Gasteiger partial charge < -0.3 is 4.74 Å². The third-order valence-corrected chi connectivity index (χ3v) is 4.61. The van der Waals surface area contributed by atoms with Gasteiger partial charge in [-0.2, -0.15) is 5.10 Å². The van der Waals surface area contributed by atoms with E-state index in [9.17, 15) is 0 Å². The van der Waals surface area contributed by atoms with Crippen molar-refractivity contribution in [2.75, 3.05) is 20.2 Å². The van der Waals surface area contributed by atoms with E-state index in [4.69, 9.17) is 17.0 Å². The van der Waals surface area contributed by atoms with Crippen molar-refractivity contribution < 1.29 is 4.74 Å². The molecule has 0 unspecified atom stereocenters. The van der Waals surface area contributed by atoms with E-state index in [1.54, 1.807) is 7.11 Å². The Kier molecular flexibility index (Phi) is 4.59. The summed E-state index contributed by atoms with van der Waals surface area (Å²) in [6.07, 6.45) is 3.85. The molecular formula is C16H22N4OS. The van der Waals surface area contributed by atoms with Crippen LogP contribution in [0.3, 0.4) is 0 Å². The fraction of sp³-hybridized carbons (Fsp3) is 0.500. The molecule has 0 saturated carbocycles. The van der Waals surface area contributed by atoms with Gasteiger partial charge in [0.05, 0.1) is 13.2 Å². The van der Waals surface area contributed by atoms with E-state index >= 15 is 0 Å². The Hall–Kier alpha value is -1.66. The summed E-state index contributed by atoms with van der Waals surface area (Å²) in [4.78, 5) is 2.48. The average molecular weight is 318 g/mol. The zero-order valence-corrected chi connectivity index (χ0v) is 13.9. The van der Waals surface area contributed by atoms with E-state index in [1.807, 2.05) is 28.8 Å². The number of H-pyrrole nitrogens is 1. The number of nitrogens with one attached hydrogen (secondary N) is 1. The number of aromatic nitrogens is 3. The summed E-state index contributed by atoms with van der Waals surface area (Å²) in [5, 5.41) is 7.42. The summed E-state index contributed by atoms with van der Waals surface area (Å²) in [7, 11) is 1.67. The molecule has 0 amide bonds. The van der Waals surface area contributed by atoms with Crippen molar-refractivity contribution in [1.29, 1.82) is 0 Å². The highest BCUT2D eigenvalue weighted by atomic mass is 32.1. The second-order valence-electron chi connectivity index (χ2n) is 5.69. The summed E-state index contributed by atoms with van der Waals surface area (Å²) in [6.45, 7) is 4.46. The van der Waals surface area contributed by atoms with Gasteiger partial charge in [0.15, 0.2) is 10.6 Å². The van der Waals surface area contributed by atoms with Crippen molar-refractivity contribution in [2.45, 2.75) is 32.2 Å². The van der Waals surface area contributed by atoms with Crippen LogP contribution in [0.5, 0.6) is 5.75 Å². The van der Waals surface area contributed by atoms with Crippen LogP contribution in [-0.2, 0) is 0 Å². The maximum Gasteiger partial charge on any atom is 0.199 e. The van der Waals surface area contributed by atoms with Crippen LogP contribution >= 0.6 is 12.2 Å². The van der Waals surface area contributed by atoms with Crippen LogP contribution in [0.25, 0.3) is 5.69 Å². The molecular weight excluding hydrogens is 296 g/mol. The first-order valence-corrected chi connectivity index (χ1v) is 8.17. The largest absolute Gasteiger partial charge is 0.497 e. The molecule has 2 heterocycles. The SMILES string of the molecule is COc1ccc(-n2c([C@H](C)N3CCCCC3)n[nH]c2=S)cc1. The first-order chi connectivity index (χ1) is 10.7. The van der Waals surface area contributed by atoms with Gasteiger partial charge in [0.25, 0.3) is 0 Å². The van der Waals surface area contributed by atoms with Gasteiger partial charge >= 0.3 is 0 Å². The fourth-order valence-electron chi connectivity index (χ4n) is 3.04. The summed E-state index contributed by atoms with van der Waals surface area (Å²) in [6, 6.07) is 8.15. The van der Waals surface area contributed by atoms with E-state index in [0.29, 0.717) is 4.77 Å². The fourth-order valence-corrected chi connectivity index (χ4v) is 3.28. The summed E-state index contributed by atoms with van der Waals surface area (Å²) < 4.78 is 7.87. The van der Waals surface area contributed by atoms with Gasteiger partial charge in [0.2, 0.25) is 0 Å². The molecule has 1 aromatic heterocycles. The van der Waals surface area contributed by atoms with Gasteiger partial charge in [-0.15, -0.1) is 0 Å². The molecule has 1 aliphatic rings. The van der Waals surface area contributed by atoms with Gasteiger partial charge in [-0.05, 0) is 69.3 Å². The Labute approximate surface area is 135 Å². The third kappa shape index (κ3) is 2.94. The molecule has 0 spiro atoms. The number of piperidine rings is 1. The lowest BCUT2D eigenvalue weighted by Gasteiger charge is -2.31. The number of hydrogen-bond acceptors (Lipinski definition) is 4. The Morgan fingerprint density at radius 3 is 2.50 bits per heavy atom. The molecule has 5 nitrogen and oxygen atoms in total. The molecule has 0 bridgehead atoms. The van der Waals surface area contributed by atoms with E-state index in [0.717, 1.165) is 30.4 Å². The van der Waals surface area contributed by atoms with Crippen molar-refractivity contribution in [1.82, 2.24) is 19.7 Å². The second kappa shape index (κ2) is 6.62. The van der Waals surface area contributed by atoms with Crippen molar-refractivity contribution in [3.05, 3.63) is 34.9 Å². The number of aromatic amines is 1. The predicted molar refractivity (Wildman–Crippen MR) is 89.1 cm³/mol. The Bertz CT molecular complexity index is 670. The molecule has 1 N–H and O–H groups in total. The molecule has 22 heavy (non-hydrogen) atoms. The number of ether oxygens (including phenoxy) is 1. The number of hydrogen-bond donors (Lipinski definition) is 1. The quantitative estimate of drug-likeness (QED) is 0.877. The highest BCUT2D eigenvalue weighted by Crippen LogP contribution is 2.25. The van der Waals surface area contributed by atoms with E-state index in [2.05, 4.69) is 22.0 Å². The minimum atomic E-state index is 0.246. The number of rotatable bonds is 4. The molecule has 3 rings (SSSR count). The van der Waals surface area contributed by atoms with Crippen LogP contribution in [0.15, 0.2) is 24.3 Å². The standard InChI is InChI=1S/C16H22N4OS/c1-12(19-10-4-3-5-11-19)15-17-18-16(22)20(15)13-6-8-14(21-2)9-7-13/h6-9,12H,3-5,10-11H2,1-2H3,(H,18,22)/t12-/m0/s1. The summed E-state index contributed by atoms with van der Waals surface area (Å²) >= 11 is 5.43. The molecule has 2 aromatic rings. The molecule has 0 aliphatic carbocycles. The average Bonchev–Trinajstić information content (AvgIpc) is 2.96. The van der Waals surface area contributed by atoms with Crippen LogP contribution < -0.4 is 4.74 Å². The highest BCUT2D eigenvalue weighted by molar-refractivity contribution is 7.71. The van der Waals surface area contributed by atoms with Crippen molar-refractivity contribution in [3.8, 4) is 11.4 Å². The van der Waals surface area contributed by atoms with Crippen LogP contribution in [0.4, 0.5) is 0 Å². The first-order valence-electron chi connectivity index (χ1n) is 7.76. The second-order valence-corrected chi connectivity index (χ2v) is 6.08. The van der Waals surface area contributed by atoms with E-state index < -0.39 is 0 Å². The van der Waals surface area contributed by atoms with Crippen molar-refractivity contribution in [3.63, 3.8) is 0 Å². The summed E-state index contributed by atoms with van der Waals surface area (Å²) in [5.41, 5.74) is 1.01. The lowest BCUT2D eigenvalue weighted by molar-refractivity contribution is 0.167.